The van der Waals surface area contributed by atoms with Crippen molar-refractivity contribution in [3.63, 3.8) is 0 Å². The van der Waals surface area contributed by atoms with Gasteiger partial charge < -0.3 is 9.84 Å². The highest BCUT2D eigenvalue weighted by atomic mass is 127. The van der Waals surface area contributed by atoms with Crippen LogP contribution in [0, 0.1) is 3.57 Å². The fourth-order valence-electron chi connectivity index (χ4n) is 2.41. The molecule has 6 nitrogen and oxygen atoms in total. The van der Waals surface area contributed by atoms with E-state index < -0.39 is 11.8 Å². The van der Waals surface area contributed by atoms with Gasteiger partial charge in [-0.2, -0.15) is 5.01 Å². The standard InChI is InChI=1S/C19H15IN2O4S2/c1-2-26-14-9-11(8-13(20)16(14)23)10-15-18(25)22(19(27)28-15)21-17(24)12-6-4-3-5-7-12/h3-10,23H,2H2,1H3,(H,21,24). The minimum Gasteiger partial charge on any atom is -0.504 e. The van der Waals surface area contributed by atoms with Crippen molar-refractivity contribution in [2.24, 2.45) is 0 Å². The molecule has 0 aliphatic carbocycles. The first-order valence-corrected chi connectivity index (χ1v) is 10.5. The Labute approximate surface area is 185 Å². The molecule has 0 radical (unpaired) electrons. The van der Waals surface area contributed by atoms with E-state index in [1.54, 1.807) is 48.5 Å². The number of halogens is 1. The number of rotatable bonds is 5. The molecule has 28 heavy (non-hydrogen) atoms. The average molecular weight is 526 g/mol. The van der Waals surface area contributed by atoms with E-state index in [9.17, 15) is 14.7 Å². The summed E-state index contributed by atoms with van der Waals surface area (Å²) in [6, 6.07) is 12.0. The van der Waals surface area contributed by atoms with E-state index >= 15 is 0 Å². The normalized spacial score (nSPS) is 15.2. The summed E-state index contributed by atoms with van der Waals surface area (Å²) in [6.45, 7) is 2.22. The van der Waals surface area contributed by atoms with Crippen molar-refractivity contribution >= 4 is 68.8 Å². The van der Waals surface area contributed by atoms with Crippen LogP contribution in [0.5, 0.6) is 11.5 Å². The molecule has 2 N–H and O–H groups in total. The van der Waals surface area contributed by atoms with E-state index in [0.29, 0.717) is 32.0 Å². The number of carbonyl (C=O) groups excluding carboxylic acids is 2. The Kier molecular flexibility index (Phi) is 6.57. The molecule has 0 atom stereocenters. The van der Waals surface area contributed by atoms with Gasteiger partial charge in [-0.05, 0) is 77.6 Å². The van der Waals surface area contributed by atoms with Crippen molar-refractivity contribution in [2.75, 3.05) is 6.61 Å². The number of benzene rings is 2. The van der Waals surface area contributed by atoms with Crippen LogP contribution in [0.2, 0.25) is 0 Å². The van der Waals surface area contributed by atoms with Crippen molar-refractivity contribution in [2.45, 2.75) is 6.92 Å². The molecule has 9 heteroatoms. The molecule has 0 saturated carbocycles. The Hall–Kier alpha value is -2.11. The van der Waals surface area contributed by atoms with Gasteiger partial charge in [0, 0.05) is 5.56 Å². The van der Waals surface area contributed by atoms with Gasteiger partial charge in [0.2, 0.25) is 0 Å². The molecule has 0 spiro atoms. The van der Waals surface area contributed by atoms with Gasteiger partial charge in [0.25, 0.3) is 11.8 Å². The number of hydrogen-bond acceptors (Lipinski definition) is 6. The molecule has 1 fully saturated rings. The van der Waals surface area contributed by atoms with Crippen LogP contribution in [0.1, 0.15) is 22.8 Å². The molecule has 1 saturated heterocycles. The highest BCUT2D eigenvalue weighted by molar-refractivity contribution is 14.1. The van der Waals surface area contributed by atoms with E-state index in [2.05, 4.69) is 5.43 Å². The van der Waals surface area contributed by atoms with E-state index in [0.717, 1.165) is 16.8 Å². The van der Waals surface area contributed by atoms with Gasteiger partial charge in [0.1, 0.15) is 0 Å². The monoisotopic (exact) mass is 526 g/mol. The SMILES string of the molecule is CCOc1cc(C=C2SC(=S)N(NC(=O)c3ccccc3)C2=O)cc(I)c1O. The van der Waals surface area contributed by atoms with E-state index in [-0.39, 0.29) is 10.1 Å². The average Bonchev–Trinajstić information content (AvgIpc) is 2.94. The van der Waals surface area contributed by atoms with Crippen LogP contribution in [0.15, 0.2) is 47.4 Å². The van der Waals surface area contributed by atoms with Gasteiger partial charge in [0.05, 0.1) is 15.1 Å². The quantitative estimate of drug-likeness (QED) is 0.349. The molecule has 2 amide bonds. The Balaban J connectivity index is 1.82. The number of ether oxygens (including phenoxy) is 1. The minimum atomic E-state index is -0.420. The van der Waals surface area contributed by atoms with Gasteiger partial charge >= 0.3 is 0 Å². The molecule has 0 aromatic heterocycles. The number of amides is 2. The number of nitrogens with one attached hydrogen (secondary N) is 1. The van der Waals surface area contributed by atoms with Gasteiger partial charge in [-0.1, -0.05) is 30.0 Å². The summed E-state index contributed by atoms with van der Waals surface area (Å²) in [5.41, 5.74) is 3.65. The number of aromatic hydroxyl groups is 1. The highest BCUT2D eigenvalue weighted by Crippen LogP contribution is 2.36. The Bertz CT molecular complexity index is 979. The molecule has 144 valence electrons. The summed E-state index contributed by atoms with van der Waals surface area (Å²) in [4.78, 5) is 25.4. The third kappa shape index (κ3) is 4.47. The number of phenols is 1. The number of thiocarbonyl (C=S) groups is 1. The van der Waals surface area contributed by atoms with E-state index in [1.165, 1.54) is 0 Å². The smallest absolute Gasteiger partial charge is 0.285 e. The number of phenolic OH excluding ortho intramolecular Hbond substituents is 1. The fourth-order valence-corrected chi connectivity index (χ4v) is 4.22. The first-order chi connectivity index (χ1) is 13.4. The summed E-state index contributed by atoms with van der Waals surface area (Å²) in [5, 5.41) is 11.1. The fraction of sp³-hybridized carbons (Fsp3) is 0.105. The summed E-state index contributed by atoms with van der Waals surface area (Å²) < 4.78 is 6.26. The van der Waals surface area contributed by atoms with Crippen molar-refractivity contribution < 1.29 is 19.4 Å². The lowest BCUT2D eigenvalue weighted by Gasteiger charge is -2.15. The van der Waals surface area contributed by atoms with Crippen LogP contribution in [0.4, 0.5) is 0 Å². The summed E-state index contributed by atoms with van der Waals surface area (Å²) in [5.74, 6) is -0.438. The lowest BCUT2D eigenvalue weighted by molar-refractivity contribution is -0.123. The zero-order chi connectivity index (χ0) is 20.3. The summed E-state index contributed by atoms with van der Waals surface area (Å²) in [6.07, 6.45) is 1.65. The van der Waals surface area contributed by atoms with Crippen molar-refractivity contribution in [3.05, 3.63) is 62.1 Å². The number of hydrogen-bond donors (Lipinski definition) is 2. The van der Waals surface area contributed by atoms with Crippen LogP contribution in [-0.2, 0) is 4.79 Å². The number of hydrazine groups is 1. The van der Waals surface area contributed by atoms with Crippen molar-refractivity contribution in [1.29, 1.82) is 0 Å². The van der Waals surface area contributed by atoms with Crippen LogP contribution in [0.25, 0.3) is 6.08 Å². The zero-order valence-corrected chi connectivity index (χ0v) is 18.4. The Morgan fingerprint density at radius 2 is 2.07 bits per heavy atom. The topological polar surface area (TPSA) is 78.9 Å². The first-order valence-electron chi connectivity index (χ1n) is 8.20. The number of thioether (sulfide) groups is 1. The van der Waals surface area contributed by atoms with Crippen LogP contribution in [0.3, 0.4) is 0 Å². The lowest BCUT2D eigenvalue weighted by atomic mass is 10.2. The van der Waals surface area contributed by atoms with Gasteiger partial charge in [-0.15, -0.1) is 0 Å². The highest BCUT2D eigenvalue weighted by Gasteiger charge is 2.33. The van der Waals surface area contributed by atoms with Crippen LogP contribution >= 0.6 is 46.6 Å². The van der Waals surface area contributed by atoms with Crippen molar-refractivity contribution in [3.8, 4) is 11.5 Å². The maximum Gasteiger partial charge on any atom is 0.285 e. The van der Waals surface area contributed by atoms with Gasteiger partial charge in [-0.25, -0.2) is 0 Å². The predicted molar refractivity (Wildman–Crippen MR) is 121 cm³/mol. The van der Waals surface area contributed by atoms with E-state index in [4.69, 9.17) is 17.0 Å². The molecule has 1 aliphatic heterocycles. The molecule has 2 aromatic carbocycles. The second kappa shape index (κ2) is 8.93. The van der Waals surface area contributed by atoms with Crippen LogP contribution < -0.4 is 10.2 Å². The summed E-state index contributed by atoms with van der Waals surface area (Å²) in [7, 11) is 0. The maximum absolute atomic E-state index is 12.7. The zero-order valence-electron chi connectivity index (χ0n) is 14.6. The van der Waals surface area contributed by atoms with E-state index in [1.807, 2.05) is 29.5 Å². The van der Waals surface area contributed by atoms with Crippen LogP contribution in [-0.4, -0.2) is 32.9 Å². The number of nitrogens with zero attached hydrogens (tertiary/aromatic N) is 1. The molecule has 0 unspecified atom stereocenters. The summed E-state index contributed by atoms with van der Waals surface area (Å²) >= 11 is 8.32. The second-order valence-electron chi connectivity index (χ2n) is 5.61. The van der Waals surface area contributed by atoms with Crippen molar-refractivity contribution in [1.82, 2.24) is 10.4 Å². The molecule has 1 heterocycles. The number of carbonyl (C=O) groups is 2. The molecular weight excluding hydrogens is 511 g/mol. The van der Waals surface area contributed by atoms with Gasteiger partial charge in [0.15, 0.2) is 15.8 Å². The lowest BCUT2D eigenvalue weighted by Crippen LogP contribution is -2.44. The molecule has 3 rings (SSSR count). The molecular formula is C19H15IN2O4S2. The third-order valence-corrected chi connectivity index (χ3v) is 5.82. The predicted octanol–water partition coefficient (Wildman–Crippen LogP) is 3.94. The molecule has 2 aromatic rings. The third-order valence-electron chi connectivity index (χ3n) is 3.69. The Morgan fingerprint density at radius 3 is 2.75 bits per heavy atom. The molecule has 0 bridgehead atoms. The molecule has 1 aliphatic rings. The Morgan fingerprint density at radius 1 is 1.36 bits per heavy atom. The largest absolute Gasteiger partial charge is 0.504 e. The second-order valence-corrected chi connectivity index (χ2v) is 8.44. The first kappa shape index (κ1) is 20.6. The minimum absolute atomic E-state index is 0.0577. The van der Waals surface area contributed by atoms with Gasteiger partial charge in [-0.3, -0.25) is 15.0 Å². The maximum atomic E-state index is 12.7.